The van der Waals surface area contributed by atoms with E-state index in [1.165, 1.54) is 16.7 Å². The third-order valence-electron chi connectivity index (χ3n) is 5.72. The van der Waals surface area contributed by atoms with E-state index in [-0.39, 0.29) is 12.1 Å². The van der Waals surface area contributed by atoms with Crippen LogP contribution in [0.15, 0.2) is 18.2 Å². The maximum atomic E-state index is 13.1. The molecule has 1 aliphatic heterocycles. The highest BCUT2D eigenvalue weighted by Gasteiger charge is 2.37. The summed E-state index contributed by atoms with van der Waals surface area (Å²) in [5, 5.41) is 0. The number of methoxy groups -OCH3 is 1. The van der Waals surface area contributed by atoms with Crippen molar-refractivity contribution >= 4 is 6.09 Å². The minimum atomic E-state index is -0.536. The van der Waals surface area contributed by atoms with E-state index < -0.39 is 5.60 Å². The maximum Gasteiger partial charge on any atom is 0.410 e. The molecule has 1 aromatic heterocycles. The van der Waals surface area contributed by atoms with Gasteiger partial charge in [-0.2, -0.15) is 4.98 Å². The molecule has 1 amide bonds. The molecule has 1 aromatic carbocycles. The smallest absolute Gasteiger partial charge is 0.410 e. The highest BCUT2D eigenvalue weighted by molar-refractivity contribution is 5.69. The number of hydrogen-bond acceptors (Lipinski definition) is 4. The maximum absolute atomic E-state index is 13.1. The van der Waals surface area contributed by atoms with E-state index in [0.29, 0.717) is 19.0 Å². The van der Waals surface area contributed by atoms with Crippen molar-refractivity contribution in [2.75, 3.05) is 13.7 Å². The van der Waals surface area contributed by atoms with Crippen LogP contribution in [0.1, 0.15) is 68.4 Å². The molecule has 6 heteroatoms. The van der Waals surface area contributed by atoms with E-state index in [0.717, 1.165) is 30.8 Å². The molecule has 0 aliphatic carbocycles. The van der Waals surface area contributed by atoms with Gasteiger partial charge in [-0.3, -0.25) is 4.90 Å². The lowest BCUT2D eigenvalue weighted by molar-refractivity contribution is 0.00916. The highest BCUT2D eigenvalue weighted by Crippen LogP contribution is 2.37. The molecular weight excluding hydrogens is 378 g/mol. The minimum Gasteiger partial charge on any atom is -0.480 e. The molecule has 0 spiro atoms. The van der Waals surface area contributed by atoms with E-state index >= 15 is 0 Å². The minimum absolute atomic E-state index is 0.141. The second-order valence-corrected chi connectivity index (χ2v) is 9.07. The van der Waals surface area contributed by atoms with Gasteiger partial charge in [-0.1, -0.05) is 25.1 Å². The normalized spacial score (nSPS) is 16.4. The summed E-state index contributed by atoms with van der Waals surface area (Å²) in [5.74, 6) is 1.62. The molecule has 0 N–H and O–H groups in total. The van der Waals surface area contributed by atoms with E-state index in [9.17, 15) is 4.79 Å². The molecule has 3 rings (SSSR count). The van der Waals surface area contributed by atoms with E-state index in [2.05, 4.69) is 43.5 Å². The fraction of sp³-hybridized carbons (Fsp3) is 0.583. The molecule has 6 nitrogen and oxygen atoms in total. The van der Waals surface area contributed by atoms with Gasteiger partial charge in [-0.15, -0.1) is 0 Å². The Morgan fingerprint density at radius 1 is 1.20 bits per heavy atom. The summed E-state index contributed by atoms with van der Waals surface area (Å²) in [7, 11) is 1.65. The topological polar surface area (TPSA) is 56.6 Å². The third-order valence-corrected chi connectivity index (χ3v) is 5.72. The Hall–Kier alpha value is -2.50. The first-order valence-corrected chi connectivity index (χ1v) is 10.8. The van der Waals surface area contributed by atoms with Crippen molar-refractivity contribution in [1.82, 2.24) is 14.5 Å². The number of fused-ring (bicyclic) bond motifs is 1. The molecule has 0 saturated carbocycles. The Labute approximate surface area is 180 Å². The van der Waals surface area contributed by atoms with Gasteiger partial charge in [-0.05, 0) is 64.2 Å². The third kappa shape index (κ3) is 4.63. The number of aryl methyl sites for hydroxylation is 4. The van der Waals surface area contributed by atoms with Crippen LogP contribution in [0.4, 0.5) is 4.79 Å². The molecule has 1 atom stereocenters. The average Bonchev–Trinajstić information content (AvgIpc) is 3.05. The number of ether oxygens (including phenoxy) is 2. The number of carbonyl (C=O) groups is 1. The second kappa shape index (κ2) is 8.70. The van der Waals surface area contributed by atoms with E-state index in [1.807, 2.05) is 25.7 Å². The number of hydrogen-bond donors (Lipinski definition) is 0. The molecule has 164 valence electrons. The van der Waals surface area contributed by atoms with Gasteiger partial charge in [0.1, 0.15) is 17.1 Å². The number of amides is 1. The van der Waals surface area contributed by atoms with Crippen LogP contribution in [0, 0.1) is 13.8 Å². The van der Waals surface area contributed by atoms with Crippen molar-refractivity contribution in [3.8, 4) is 5.88 Å². The van der Waals surface area contributed by atoms with Crippen LogP contribution in [-0.4, -0.2) is 39.8 Å². The van der Waals surface area contributed by atoms with Crippen molar-refractivity contribution in [2.45, 2.75) is 79.0 Å². The van der Waals surface area contributed by atoms with Crippen molar-refractivity contribution in [1.29, 1.82) is 0 Å². The van der Waals surface area contributed by atoms with Gasteiger partial charge in [0, 0.05) is 19.5 Å². The molecule has 2 heterocycles. The predicted octanol–water partition coefficient (Wildman–Crippen LogP) is 5.00. The van der Waals surface area contributed by atoms with Crippen LogP contribution in [0.2, 0.25) is 0 Å². The summed E-state index contributed by atoms with van der Waals surface area (Å²) >= 11 is 0. The first kappa shape index (κ1) is 22.2. The Morgan fingerprint density at radius 3 is 2.53 bits per heavy atom. The van der Waals surface area contributed by atoms with Crippen LogP contribution < -0.4 is 4.74 Å². The van der Waals surface area contributed by atoms with Gasteiger partial charge >= 0.3 is 6.09 Å². The summed E-state index contributed by atoms with van der Waals surface area (Å²) in [4.78, 5) is 19.6. The molecule has 0 radical (unpaired) electrons. The first-order chi connectivity index (χ1) is 14.1. The van der Waals surface area contributed by atoms with Gasteiger partial charge in [-0.25, -0.2) is 4.79 Å². The Bertz CT molecular complexity index is 911. The number of carbonyl (C=O) groups excluding carboxylic acids is 1. The van der Waals surface area contributed by atoms with Crippen molar-refractivity contribution in [3.63, 3.8) is 0 Å². The molecule has 1 unspecified atom stereocenters. The van der Waals surface area contributed by atoms with Crippen molar-refractivity contribution in [2.24, 2.45) is 0 Å². The summed E-state index contributed by atoms with van der Waals surface area (Å²) in [5.41, 5.74) is 4.30. The Kier molecular flexibility index (Phi) is 6.44. The number of aromatic nitrogens is 2. The van der Waals surface area contributed by atoms with Gasteiger partial charge in [0.05, 0.1) is 13.2 Å². The fourth-order valence-electron chi connectivity index (χ4n) is 4.09. The molecule has 2 aromatic rings. The molecule has 30 heavy (non-hydrogen) atoms. The molecule has 0 bridgehead atoms. The lowest BCUT2D eigenvalue weighted by atomic mass is 9.98. The SMILES string of the molecule is CCc1nc(OC)c2n1CCN(C(=O)OC(C)(C)C)C2CCc1ccc(C)c(C)c1. The average molecular weight is 414 g/mol. The van der Waals surface area contributed by atoms with Gasteiger partial charge in [0.25, 0.3) is 0 Å². The number of rotatable bonds is 5. The number of benzene rings is 1. The zero-order valence-electron chi connectivity index (χ0n) is 19.4. The highest BCUT2D eigenvalue weighted by atomic mass is 16.6. The monoisotopic (exact) mass is 413 g/mol. The van der Waals surface area contributed by atoms with Crippen LogP contribution in [0.3, 0.4) is 0 Å². The Balaban J connectivity index is 1.94. The number of imidazole rings is 1. The zero-order valence-corrected chi connectivity index (χ0v) is 19.4. The Morgan fingerprint density at radius 2 is 1.93 bits per heavy atom. The quantitative estimate of drug-likeness (QED) is 0.692. The van der Waals surface area contributed by atoms with E-state index in [4.69, 9.17) is 14.5 Å². The van der Waals surface area contributed by atoms with Gasteiger partial charge in [0.15, 0.2) is 0 Å². The molecule has 1 aliphatic rings. The van der Waals surface area contributed by atoms with E-state index in [1.54, 1.807) is 7.11 Å². The molecular formula is C24H35N3O3. The summed E-state index contributed by atoms with van der Waals surface area (Å²) < 4.78 is 13.6. The fourth-order valence-corrected chi connectivity index (χ4v) is 4.09. The lowest BCUT2D eigenvalue weighted by Crippen LogP contribution is -2.45. The summed E-state index contributed by atoms with van der Waals surface area (Å²) in [6.07, 6.45) is 2.20. The van der Waals surface area contributed by atoms with Crippen LogP contribution in [0.25, 0.3) is 0 Å². The van der Waals surface area contributed by atoms with Gasteiger partial charge < -0.3 is 14.0 Å². The zero-order chi connectivity index (χ0) is 22.1. The van der Waals surface area contributed by atoms with Crippen molar-refractivity contribution < 1.29 is 14.3 Å². The largest absolute Gasteiger partial charge is 0.480 e. The predicted molar refractivity (Wildman–Crippen MR) is 118 cm³/mol. The second-order valence-electron chi connectivity index (χ2n) is 9.07. The molecule has 0 fully saturated rings. The van der Waals surface area contributed by atoms with Crippen LogP contribution in [-0.2, 0) is 24.1 Å². The number of nitrogens with zero attached hydrogens (tertiary/aromatic N) is 3. The lowest BCUT2D eigenvalue weighted by Gasteiger charge is -2.38. The van der Waals surface area contributed by atoms with Crippen LogP contribution >= 0.6 is 0 Å². The molecule has 0 saturated heterocycles. The summed E-state index contributed by atoms with van der Waals surface area (Å²) in [6, 6.07) is 6.44. The van der Waals surface area contributed by atoms with Crippen molar-refractivity contribution in [3.05, 3.63) is 46.4 Å². The van der Waals surface area contributed by atoms with Gasteiger partial charge in [0.2, 0.25) is 5.88 Å². The first-order valence-electron chi connectivity index (χ1n) is 10.8. The van der Waals surface area contributed by atoms with Crippen LogP contribution in [0.5, 0.6) is 5.88 Å². The summed E-state index contributed by atoms with van der Waals surface area (Å²) in [6.45, 7) is 13.4. The standard InChI is InChI=1S/C24H35N3O3/c1-8-20-25-22(29-7)21-19(12-11-18-10-9-16(2)17(3)15-18)26(13-14-27(20)21)23(28)30-24(4,5)6/h9-10,15,19H,8,11-14H2,1-7H3.